The third-order valence-corrected chi connectivity index (χ3v) is 4.66. The van der Waals surface area contributed by atoms with E-state index in [1.165, 1.54) is 0 Å². The van der Waals surface area contributed by atoms with Gasteiger partial charge in [-0.3, -0.25) is 4.79 Å². The quantitative estimate of drug-likeness (QED) is 0.561. The number of nitrogens with zero attached hydrogens (tertiary/aromatic N) is 1. The SMILES string of the molecule is Cc1c(-c2ccc3[nH]ccc3c2)c2cc(Cl)ccc2n1CC(=O)O. The molecule has 0 aliphatic rings. The number of carboxylic acids is 1. The van der Waals surface area contributed by atoms with Gasteiger partial charge in [-0.2, -0.15) is 0 Å². The van der Waals surface area contributed by atoms with Crippen LogP contribution in [0.4, 0.5) is 0 Å². The van der Waals surface area contributed by atoms with Crippen LogP contribution in [0.1, 0.15) is 5.69 Å². The Morgan fingerprint density at radius 3 is 2.83 bits per heavy atom. The molecule has 0 bridgehead atoms. The highest BCUT2D eigenvalue weighted by Crippen LogP contribution is 2.37. The van der Waals surface area contributed by atoms with Gasteiger partial charge in [-0.1, -0.05) is 17.7 Å². The van der Waals surface area contributed by atoms with Gasteiger partial charge < -0.3 is 14.7 Å². The van der Waals surface area contributed by atoms with Crippen LogP contribution in [-0.2, 0) is 11.3 Å². The lowest BCUT2D eigenvalue weighted by Crippen LogP contribution is -2.09. The molecule has 0 atom stereocenters. The van der Waals surface area contributed by atoms with Crippen molar-refractivity contribution in [1.29, 1.82) is 0 Å². The number of hydrogen-bond donors (Lipinski definition) is 2. The molecule has 0 spiro atoms. The van der Waals surface area contributed by atoms with E-state index < -0.39 is 5.97 Å². The van der Waals surface area contributed by atoms with Crippen LogP contribution >= 0.6 is 11.6 Å². The minimum absolute atomic E-state index is 0.0731. The van der Waals surface area contributed by atoms with Crippen molar-refractivity contribution in [3.8, 4) is 11.1 Å². The van der Waals surface area contributed by atoms with Gasteiger partial charge in [0, 0.05) is 38.9 Å². The number of carboxylic acid groups (broad SMARTS) is 1. The monoisotopic (exact) mass is 338 g/mol. The van der Waals surface area contributed by atoms with Gasteiger partial charge in [-0.05, 0) is 54.3 Å². The summed E-state index contributed by atoms with van der Waals surface area (Å²) in [6.45, 7) is 1.88. The maximum absolute atomic E-state index is 11.3. The number of rotatable bonds is 3. The number of benzene rings is 2. The summed E-state index contributed by atoms with van der Waals surface area (Å²) in [5, 5.41) is 12.0. The van der Waals surface area contributed by atoms with Gasteiger partial charge in [0.15, 0.2) is 0 Å². The van der Waals surface area contributed by atoms with Crippen molar-refractivity contribution in [2.75, 3.05) is 0 Å². The van der Waals surface area contributed by atoms with Gasteiger partial charge in [-0.25, -0.2) is 0 Å². The van der Waals surface area contributed by atoms with Crippen molar-refractivity contribution < 1.29 is 9.90 Å². The zero-order valence-corrected chi connectivity index (χ0v) is 13.8. The molecule has 24 heavy (non-hydrogen) atoms. The zero-order chi connectivity index (χ0) is 16.8. The van der Waals surface area contributed by atoms with Crippen LogP contribution < -0.4 is 0 Å². The molecule has 0 saturated carbocycles. The molecule has 4 rings (SSSR count). The minimum atomic E-state index is -0.863. The van der Waals surface area contributed by atoms with Gasteiger partial charge in [0.1, 0.15) is 6.54 Å². The fraction of sp³-hybridized carbons (Fsp3) is 0.105. The van der Waals surface area contributed by atoms with Crippen molar-refractivity contribution in [1.82, 2.24) is 9.55 Å². The van der Waals surface area contributed by atoms with E-state index >= 15 is 0 Å². The molecule has 4 nitrogen and oxygen atoms in total. The Bertz CT molecular complexity index is 1090. The molecule has 2 aromatic carbocycles. The van der Waals surface area contributed by atoms with Crippen LogP contribution in [0.3, 0.4) is 0 Å². The van der Waals surface area contributed by atoms with Crippen molar-refractivity contribution in [2.45, 2.75) is 13.5 Å². The van der Waals surface area contributed by atoms with E-state index in [1.54, 1.807) is 6.07 Å². The zero-order valence-electron chi connectivity index (χ0n) is 13.0. The van der Waals surface area contributed by atoms with Crippen LogP contribution in [-0.4, -0.2) is 20.6 Å². The van der Waals surface area contributed by atoms with Gasteiger partial charge in [0.05, 0.1) is 0 Å². The molecule has 4 aromatic rings. The van der Waals surface area contributed by atoms with Crippen molar-refractivity contribution in [3.05, 3.63) is 59.4 Å². The summed E-state index contributed by atoms with van der Waals surface area (Å²) in [5.74, 6) is -0.863. The normalized spacial score (nSPS) is 11.4. The van der Waals surface area contributed by atoms with E-state index in [9.17, 15) is 9.90 Å². The fourth-order valence-electron chi connectivity index (χ4n) is 3.37. The molecular formula is C19H15ClN2O2. The lowest BCUT2D eigenvalue weighted by molar-refractivity contribution is -0.137. The smallest absolute Gasteiger partial charge is 0.323 e. The van der Waals surface area contributed by atoms with Crippen molar-refractivity contribution >= 4 is 39.4 Å². The Hall–Kier alpha value is -2.72. The Labute approximate surface area is 143 Å². The predicted octanol–water partition coefficient (Wildman–Crippen LogP) is 4.84. The maximum Gasteiger partial charge on any atom is 0.323 e. The third-order valence-electron chi connectivity index (χ3n) is 4.42. The third kappa shape index (κ3) is 2.27. The second-order valence-electron chi connectivity index (χ2n) is 5.88. The standard InChI is InChI=1S/C19H15ClN2O2/c1-11-19(13-2-4-16-12(8-13)6-7-21-16)15-9-14(20)3-5-17(15)22(11)10-18(23)24/h2-9,21H,10H2,1H3,(H,23,24). The van der Waals surface area contributed by atoms with E-state index in [0.29, 0.717) is 5.02 Å². The number of aromatic nitrogens is 2. The van der Waals surface area contributed by atoms with Gasteiger partial charge in [0.2, 0.25) is 0 Å². The summed E-state index contributed by atoms with van der Waals surface area (Å²) in [6, 6.07) is 13.8. The lowest BCUT2D eigenvalue weighted by atomic mass is 10.0. The average molecular weight is 339 g/mol. The number of H-pyrrole nitrogens is 1. The second-order valence-corrected chi connectivity index (χ2v) is 6.32. The summed E-state index contributed by atoms with van der Waals surface area (Å²) in [5.41, 5.74) is 4.95. The number of hydrogen-bond acceptors (Lipinski definition) is 1. The first-order valence-electron chi connectivity index (χ1n) is 7.62. The Balaban J connectivity index is 2.04. The number of carbonyl (C=O) groups is 1. The molecule has 2 heterocycles. The molecule has 0 aliphatic heterocycles. The molecule has 120 valence electrons. The van der Waals surface area contributed by atoms with Gasteiger partial charge in [-0.15, -0.1) is 0 Å². The first-order valence-corrected chi connectivity index (χ1v) is 8.00. The molecule has 5 heteroatoms. The lowest BCUT2D eigenvalue weighted by Gasteiger charge is -2.06. The molecule has 0 aliphatic carbocycles. The van der Waals surface area contributed by atoms with Gasteiger partial charge >= 0.3 is 5.97 Å². The highest BCUT2D eigenvalue weighted by Gasteiger charge is 2.17. The van der Waals surface area contributed by atoms with Gasteiger partial charge in [0.25, 0.3) is 0 Å². The number of halogens is 1. The van der Waals surface area contributed by atoms with E-state index in [4.69, 9.17) is 11.6 Å². The highest BCUT2D eigenvalue weighted by atomic mass is 35.5. The average Bonchev–Trinajstić information content (AvgIpc) is 3.09. The van der Waals surface area contributed by atoms with Crippen molar-refractivity contribution in [3.63, 3.8) is 0 Å². The predicted molar refractivity (Wildman–Crippen MR) is 96.6 cm³/mol. The Morgan fingerprint density at radius 1 is 1.21 bits per heavy atom. The largest absolute Gasteiger partial charge is 0.480 e. The van der Waals surface area contributed by atoms with Crippen LogP contribution in [0.25, 0.3) is 32.9 Å². The first kappa shape index (κ1) is 14.8. The summed E-state index contributed by atoms with van der Waals surface area (Å²) in [4.78, 5) is 14.5. The Morgan fingerprint density at radius 2 is 2.04 bits per heavy atom. The summed E-state index contributed by atoms with van der Waals surface area (Å²) in [6.07, 6.45) is 1.91. The maximum atomic E-state index is 11.3. The molecule has 2 N–H and O–H groups in total. The fourth-order valence-corrected chi connectivity index (χ4v) is 3.54. The molecular weight excluding hydrogens is 324 g/mol. The number of fused-ring (bicyclic) bond motifs is 2. The van der Waals surface area contributed by atoms with Crippen LogP contribution in [0.2, 0.25) is 5.02 Å². The molecule has 2 aromatic heterocycles. The molecule has 0 amide bonds. The summed E-state index contributed by atoms with van der Waals surface area (Å²) in [7, 11) is 0. The van der Waals surface area contributed by atoms with Crippen molar-refractivity contribution in [2.24, 2.45) is 0 Å². The van der Waals surface area contributed by atoms with Crippen LogP contribution in [0, 0.1) is 6.92 Å². The summed E-state index contributed by atoms with van der Waals surface area (Å²) < 4.78 is 1.82. The minimum Gasteiger partial charge on any atom is -0.480 e. The van der Waals surface area contributed by atoms with E-state index in [2.05, 4.69) is 11.1 Å². The first-order chi connectivity index (χ1) is 11.5. The molecule has 0 fully saturated rings. The highest BCUT2D eigenvalue weighted by molar-refractivity contribution is 6.31. The Kier molecular flexibility index (Phi) is 3.36. The molecule has 0 radical (unpaired) electrons. The topological polar surface area (TPSA) is 58.0 Å². The summed E-state index contributed by atoms with van der Waals surface area (Å²) >= 11 is 6.19. The van der Waals surface area contributed by atoms with Crippen LogP contribution in [0.15, 0.2) is 48.7 Å². The van der Waals surface area contributed by atoms with E-state index in [1.807, 2.05) is 48.0 Å². The molecule has 0 unspecified atom stereocenters. The number of aliphatic carboxylic acids is 1. The van der Waals surface area contributed by atoms with E-state index in [-0.39, 0.29) is 6.54 Å². The number of nitrogens with one attached hydrogen (secondary N) is 1. The number of aromatic amines is 1. The second kappa shape index (κ2) is 5.42. The molecule has 0 saturated heterocycles. The van der Waals surface area contributed by atoms with Crippen LogP contribution in [0.5, 0.6) is 0 Å². The van der Waals surface area contributed by atoms with E-state index in [0.717, 1.165) is 38.6 Å².